The monoisotopic (exact) mass is 268 g/mol. The van der Waals surface area contributed by atoms with Crippen molar-refractivity contribution in [1.29, 1.82) is 0 Å². The Kier molecular flexibility index (Phi) is 3.88. The van der Waals surface area contributed by atoms with E-state index in [9.17, 15) is 10.1 Å². The summed E-state index contributed by atoms with van der Waals surface area (Å²) in [5.74, 6) is 0. The van der Waals surface area contributed by atoms with Gasteiger partial charge in [-0.05, 0) is 23.9 Å². The first-order chi connectivity index (χ1) is 8.16. The number of nitrogens with zero attached hydrogens (tertiary/aromatic N) is 1. The van der Waals surface area contributed by atoms with Crippen LogP contribution >= 0.6 is 22.7 Å². The van der Waals surface area contributed by atoms with Crippen molar-refractivity contribution in [1.82, 2.24) is 5.32 Å². The molecule has 2 aromatic heterocycles. The van der Waals surface area contributed by atoms with Gasteiger partial charge in [-0.3, -0.25) is 10.1 Å². The minimum Gasteiger partial charge on any atom is -0.305 e. The van der Waals surface area contributed by atoms with Gasteiger partial charge in [-0.25, -0.2) is 0 Å². The van der Waals surface area contributed by atoms with Crippen molar-refractivity contribution in [3.8, 4) is 0 Å². The van der Waals surface area contributed by atoms with Gasteiger partial charge in [0.05, 0.1) is 4.92 Å². The van der Waals surface area contributed by atoms with Gasteiger partial charge in [0.25, 0.3) is 0 Å². The van der Waals surface area contributed by atoms with E-state index < -0.39 is 0 Å². The van der Waals surface area contributed by atoms with Crippen molar-refractivity contribution in [2.45, 2.75) is 19.5 Å². The topological polar surface area (TPSA) is 55.2 Å². The van der Waals surface area contributed by atoms with E-state index in [1.165, 1.54) is 16.2 Å². The molecule has 90 valence electrons. The summed E-state index contributed by atoms with van der Waals surface area (Å²) in [5, 5.41) is 18.0. The molecule has 0 unspecified atom stereocenters. The normalized spacial score (nSPS) is 12.5. The van der Waals surface area contributed by atoms with E-state index >= 15 is 0 Å². The average molecular weight is 268 g/mol. The predicted octanol–water partition coefficient (Wildman–Crippen LogP) is 3.57. The van der Waals surface area contributed by atoms with Gasteiger partial charge < -0.3 is 5.32 Å². The molecule has 0 aliphatic heterocycles. The maximum Gasteiger partial charge on any atom is 0.324 e. The molecule has 0 saturated carbocycles. The van der Waals surface area contributed by atoms with E-state index in [1.54, 1.807) is 17.4 Å². The van der Waals surface area contributed by atoms with Gasteiger partial charge in [-0.2, -0.15) is 0 Å². The number of hydrogen-bond acceptors (Lipinski definition) is 5. The maximum atomic E-state index is 10.5. The predicted molar refractivity (Wildman–Crippen MR) is 70.5 cm³/mol. The second-order valence-electron chi connectivity index (χ2n) is 3.67. The van der Waals surface area contributed by atoms with Gasteiger partial charge >= 0.3 is 5.00 Å². The molecule has 0 saturated heterocycles. The molecule has 0 amide bonds. The van der Waals surface area contributed by atoms with Crippen LogP contribution in [0, 0.1) is 10.1 Å². The molecule has 0 radical (unpaired) electrons. The van der Waals surface area contributed by atoms with Gasteiger partial charge in [-0.15, -0.1) is 11.3 Å². The minimum absolute atomic E-state index is 0.200. The van der Waals surface area contributed by atoms with E-state index in [2.05, 4.69) is 18.3 Å². The van der Waals surface area contributed by atoms with Gasteiger partial charge in [0.15, 0.2) is 0 Å². The van der Waals surface area contributed by atoms with Gasteiger partial charge in [-0.1, -0.05) is 17.4 Å². The fraction of sp³-hybridized carbons (Fsp3) is 0.273. The van der Waals surface area contributed by atoms with Crippen LogP contribution in [0.3, 0.4) is 0 Å². The molecule has 1 N–H and O–H groups in total. The number of nitrogens with one attached hydrogen (secondary N) is 1. The Labute approximate surface area is 107 Å². The standard InChI is InChI=1S/C11H12N2O2S2/c1-8(10-3-2-4-16-10)12-6-9-5-11(13(14)15)17-7-9/h2-5,7-8,12H,6H2,1H3/t8-/m1/s1. The molecule has 2 heterocycles. The highest BCUT2D eigenvalue weighted by Gasteiger charge is 2.11. The summed E-state index contributed by atoms with van der Waals surface area (Å²) >= 11 is 2.88. The molecular formula is C11H12N2O2S2. The molecule has 0 bridgehead atoms. The summed E-state index contributed by atoms with van der Waals surface area (Å²) in [5.41, 5.74) is 0.963. The van der Waals surface area contributed by atoms with E-state index in [1.807, 2.05) is 16.8 Å². The molecule has 0 aliphatic carbocycles. The quantitative estimate of drug-likeness (QED) is 0.666. The minimum atomic E-state index is -0.350. The Morgan fingerprint density at radius 2 is 2.35 bits per heavy atom. The first kappa shape index (κ1) is 12.2. The molecule has 0 aromatic carbocycles. The number of rotatable bonds is 5. The Bertz CT molecular complexity index is 493. The lowest BCUT2D eigenvalue weighted by atomic mass is 10.2. The maximum absolute atomic E-state index is 10.5. The first-order valence-corrected chi connectivity index (χ1v) is 6.91. The van der Waals surface area contributed by atoms with Gasteiger partial charge in [0.2, 0.25) is 0 Å². The van der Waals surface area contributed by atoms with Crippen LogP contribution < -0.4 is 5.32 Å². The lowest BCUT2D eigenvalue weighted by Crippen LogP contribution is -2.16. The first-order valence-electron chi connectivity index (χ1n) is 5.15. The zero-order chi connectivity index (χ0) is 12.3. The lowest BCUT2D eigenvalue weighted by Gasteiger charge is -2.10. The van der Waals surface area contributed by atoms with Gasteiger partial charge in [0.1, 0.15) is 0 Å². The Morgan fingerprint density at radius 3 is 2.94 bits per heavy atom. The van der Waals surface area contributed by atoms with Crippen LogP contribution in [0.1, 0.15) is 23.4 Å². The van der Waals surface area contributed by atoms with E-state index in [0.717, 1.165) is 5.56 Å². The molecule has 2 rings (SSSR count). The summed E-state index contributed by atoms with van der Waals surface area (Å²) in [7, 11) is 0. The van der Waals surface area contributed by atoms with Crippen molar-refractivity contribution in [2.75, 3.05) is 0 Å². The van der Waals surface area contributed by atoms with E-state index in [0.29, 0.717) is 6.54 Å². The molecule has 17 heavy (non-hydrogen) atoms. The van der Waals surface area contributed by atoms with Crippen LogP contribution in [-0.2, 0) is 6.54 Å². The molecule has 6 heteroatoms. The van der Waals surface area contributed by atoms with Crippen LogP contribution in [0.5, 0.6) is 0 Å². The third kappa shape index (κ3) is 3.12. The van der Waals surface area contributed by atoms with Crippen molar-refractivity contribution >= 4 is 27.7 Å². The average Bonchev–Trinajstić information content (AvgIpc) is 2.97. The second kappa shape index (κ2) is 5.39. The van der Waals surface area contributed by atoms with Crippen molar-refractivity contribution in [3.63, 3.8) is 0 Å². The van der Waals surface area contributed by atoms with Crippen LogP contribution in [0.15, 0.2) is 29.0 Å². The fourth-order valence-electron chi connectivity index (χ4n) is 1.46. The molecule has 4 nitrogen and oxygen atoms in total. The summed E-state index contributed by atoms with van der Waals surface area (Å²) in [6.07, 6.45) is 0. The highest BCUT2D eigenvalue weighted by molar-refractivity contribution is 7.13. The fourth-order valence-corrected chi connectivity index (χ4v) is 2.95. The lowest BCUT2D eigenvalue weighted by molar-refractivity contribution is -0.380. The van der Waals surface area contributed by atoms with Crippen LogP contribution in [0.25, 0.3) is 0 Å². The molecule has 0 spiro atoms. The SMILES string of the molecule is C[C@@H](NCc1csc([N+](=O)[O-])c1)c1cccs1. The Balaban J connectivity index is 1.91. The van der Waals surface area contributed by atoms with Crippen LogP contribution in [0.2, 0.25) is 0 Å². The zero-order valence-corrected chi connectivity index (χ0v) is 10.9. The van der Waals surface area contributed by atoms with Crippen LogP contribution in [0.4, 0.5) is 5.00 Å². The zero-order valence-electron chi connectivity index (χ0n) is 9.25. The Morgan fingerprint density at radius 1 is 1.53 bits per heavy atom. The highest BCUT2D eigenvalue weighted by Crippen LogP contribution is 2.23. The van der Waals surface area contributed by atoms with Gasteiger partial charge in [0, 0.05) is 28.9 Å². The number of hydrogen-bond donors (Lipinski definition) is 1. The van der Waals surface area contributed by atoms with Crippen LogP contribution in [-0.4, -0.2) is 4.92 Å². The van der Waals surface area contributed by atoms with Crippen molar-refractivity contribution < 1.29 is 4.92 Å². The molecule has 1 atom stereocenters. The second-order valence-corrected chi connectivity index (χ2v) is 5.54. The summed E-state index contributed by atoms with van der Waals surface area (Å²) in [6.45, 7) is 2.75. The molecular weight excluding hydrogens is 256 g/mol. The summed E-state index contributed by atoms with van der Waals surface area (Å²) < 4.78 is 0. The van der Waals surface area contributed by atoms with E-state index in [-0.39, 0.29) is 16.0 Å². The molecule has 2 aromatic rings. The van der Waals surface area contributed by atoms with Crippen molar-refractivity contribution in [3.05, 3.63) is 49.5 Å². The smallest absolute Gasteiger partial charge is 0.305 e. The highest BCUT2D eigenvalue weighted by atomic mass is 32.1. The molecule has 0 aliphatic rings. The van der Waals surface area contributed by atoms with Crippen molar-refractivity contribution in [2.24, 2.45) is 0 Å². The molecule has 0 fully saturated rings. The summed E-state index contributed by atoms with van der Waals surface area (Å²) in [6, 6.07) is 6.00. The largest absolute Gasteiger partial charge is 0.324 e. The summed E-state index contributed by atoms with van der Waals surface area (Å²) in [4.78, 5) is 11.5. The Hall–Kier alpha value is -1.24. The third-order valence-electron chi connectivity index (χ3n) is 2.40. The van der Waals surface area contributed by atoms with E-state index in [4.69, 9.17) is 0 Å². The third-order valence-corrected chi connectivity index (χ3v) is 4.39. The number of thiophene rings is 2. The number of nitro groups is 1.